The molecule has 5 rings (SSSR count). The van der Waals surface area contributed by atoms with Crippen LogP contribution in [0, 0.1) is 17.8 Å². The minimum atomic E-state index is -4.47. The summed E-state index contributed by atoms with van der Waals surface area (Å²) < 4.78 is 47.4. The number of Topliss-reactive ketones (excluding diaryl/α,β-unsaturated/α-hetero) is 1. The van der Waals surface area contributed by atoms with Gasteiger partial charge in [-0.05, 0) is 74.6 Å². The smallest absolute Gasteiger partial charge is 0.422 e. The van der Waals surface area contributed by atoms with Crippen molar-refractivity contribution in [1.29, 1.82) is 0 Å². The van der Waals surface area contributed by atoms with Crippen LogP contribution in [0.15, 0.2) is 24.3 Å². The summed E-state index contributed by atoms with van der Waals surface area (Å²) in [5.41, 5.74) is 0. The van der Waals surface area contributed by atoms with Crippen molar-refractivity contribution in [3.8, 4) is 11.5 Å². The van der Waals surface area contributed by atoms with Crippen molar-refractivity contribution in [1.82, 2.24) is 20.9 Å². The monoisotopic (exact) mass is 608 g/mol. The molecule has 0 radical (unpaired) electrons. The highest BCUT2D eigenvalue weighted by Crippen LogP contribution is 2.42. The SMILES string of the molecule is O=C(NC1CC1)C(=O)[C@H](C[C@@H]1CCNC1=O)NC(=O)[C@@H]1[C@H]2CCC[C@H]2CN1C(=O)COc1ccc(OCC(F)(F)F)cc1. The Labute approximate surface area is 246 Å². The van der Waals surface area contributed by atoms with E-state index in [1.54, 1.807) is 0 Å². The molecule has 0 unspecified atom stereocenters. The standard InChI is InChI=1S/C29H35F3N4O7/c30-29(31,32)15-43-20-8-6-19(7-9-20)42-14-23(37)36-13-17-2-1-3-21(17)24(36)27(40)35-22(12-16-10-11-33-26(16)39)25(38)28(41)34-18-4-5-18/h6-9,16-18,21-22,24H,1-5,10-15H2,(H,33,39)(H,34,41)(H,35,40)/t16-,17-,21-,22-,24-/m0/s1. The number of fused-ring (bicyclic) bond motifs is 1. The summed E-state index contributed by atoms with van der Waals surface area (Å²) in [5.74, 6) is -3.20. The topological polar surface area (TPSA) is 143 Å². The molecule has 2 heterocycles. The first-order valence-corrected chi connectivity index (χ1v) is 14.6. The maximum absolute atomic E-state index is 13.7. The van der Waals surface area contributed by atoms with Gasteiger partial charge in [-0.3, -0.25) is 24.0 Å². The second-order valence-corrected chi connectivity index (χ2v) is 11.7. The van der Waals surface area contributed by atoms with Gasteiger partial charge in [-0.2, -0.15) is 13.2 Å². The molecule has 1 aromatic carbocycles. The van der Waals surface area contributed by atoms with Gasteiger partial charge in [0.2, 0.25) is 17.6 Å². The van der Waals surface area contributed by atoms with E-state index in [4.69, 9.17) is 4.74 Å². The number of alkyl halides is 3. The summed E-state index contributed by atoms with van der Waals surface area (Å²) in [7, 11) is 0. The molecule has 4 amide bonds. The Kier molecular flexibility index (Phi) is 9.11. The van der Waals surface area contributed by atoms with Crippen LogP contribution in [0.3, 0.4) is 0 Å². The maximum atomic E-state index is 13.7. The minimum absolute atomic E-state index is 0.00916. The van der Waals surface area contributed by atoms with Crippen LogP contribution < -0.4 is 25.4 Å². The van der Waals surface area contributed by atoms with Gasteiger partial charge < -0.3 is 30.3 Å². The van der Waals surface area contributed by atoms with E-state index in [0.29, 0.717) is 19.5 Å². The van der Waals surface area contributed by atoms with Crippen molar-refractivity contribution in [3.63, 3.8) is 0 Å². The number of nitrogens with zero attached hydrogens (tertiary/aromatic N) is 1. The van der Waals surface area contributed by atoms with Crippen LogP contribution in [0.1, 0.15) is 44.9 Å². The van der Waals surface area contributed by atoms with Crippen molar-refractivity contribution in [2.24, 2.45) is 17.8 Å². The minimum Gasteiger partial charge on any atom is -0.484 e. The fraction of sp³-hybridized carbons (Fsp3) is 0.621. The third-order valence-electron chi connectivity index (χ3n) is 8.52. The maximum Gasteiger partial charge on any atom is 0.422 e. The van der Waals surface area contributed by atoms with Crippen molar-refractivity contribution in [2.75, 3.05) is 26.3 Å². The van der Waals surface area contributed by atoms with Crippen molar-refractivity contribution < 1.29 is 46.6 Å². The first-order valence-electron chi connectivity index (χ1n) is 14.6. The van der Waals surface area contributed by atoms with Gasteiger partial charge in [0.15, 0.2) is 13.2 Å². The molecular weight excluding hydrogens is 573 g/mol. The number of hydrogen-bond acceptors (Lipinski definition) is 7. The Bertz CT molecular complexity index is 1240. The predicted molar refractivity (Wildman–Crippen MR) is 144 cm³/mol. The number of amides is 4. The van der Waals surface area contributed by atoms with E-state index in [2.05, 4.69) is 20.7 Å². The highest BCUT2D eigenvalue weighted by molar-refractivity contribution is 6.38. The molecule has 4 fully saturated rings. The Balaban J connectivity index is 1.24. The third-order valence-corrected chi connectivity index (χ3v) is 8.52. The first-order chi connectivity index (χ1) is 20.5. The Morgan fingerprint density at radius 2 is 1.70 bits per heavy atom. The summed E-state index contributed by atoms with van der Waals surface area (Å²) in [5, 5.41) is 8.08. The van der Waals surface area contributed by atoms with E-state index < -0.39 is 60.9 Å². The number of nitrogens with one attached hydrogen (secondary N) is 3. The Hall–Kier alpha value is -3.84. The molecule has 3 N–H and O–H groups in total. The van der Waals surface area contributed by atoms with Crippen molar-refractivity contribution in [3.05, 3.63) is 24.3 Å². The molecule has 4 aliphatic rings. The quantitative estimate of drug-likeness (QED) is 0.305. The summed E-state index contributed by atoms with van der Waals surface area (Å²) in [6.45, 7) is -1.07. The molecule has 2 aliphatic heterocycles. The summed E-state index contributed by atoms with van der Waals surface area (Å²) in [6, 6.07) is 3.20. The lowest BCUT2D eigenvalue weighted by atomic mass is 9.91. The number of likely N-dealkylation sites (tertiary alicyclic amines) is 1. The zero-order valence-corrected chi connectivity index (χ0v) is 23.5. The van der Waals surface area contributed by atoms with E-state index in [1.165, 1.54) is 29.2 Å². The fourth-order valence-corrected chi connectivity index (χ4v) is 6.21. The summed E-state index contributed by atoms with van der Waals surface area (Å²) in [4.78, 5) is 66.5. The van der Waals surface area contributed by atoms with E-state index in [9.17, 15) is 37.1 Å². The average molecular weight is 609 g/mol. The van der Waals surface area contributed by atoms with Gasteiger partial charge in [0, 0.05) is 25.0 Å². The number of ketones is 1. The molecule has 0 aromatic heterocycles. The molecular formula is C29H35F3N4O7. The fourth-order valence-electron chi connectivity index (χ4n) is 6.21. The molecule has 43 heavy (non-hydrogen) atoms. The molecule has 5 atom stereocenters. The van der Waals surface area contributed by atoms with Gasteiger partial charge in [-0.25, -0.2) is 0 Å². The van der Waals surface area contributed by atoms with Crippen LogP contribution >= 0.6 is 0 Å². The molecule has 14 heteroatoms. The number of rotatable bonds is 12. The van der Waals surface area contributed by atoms with E-state index in [-0.39, 0.29) is 41.7 Å². The van der Waals surface area contributed by atoms with E-state index >= 15 is 0 Å². The van der Waals surface area contributed by atoms with Gasteiger partial charge in [-0.15, -0.1) is 0 Å². The van der Waals surface area contributed by atoms with Crippen molar-refractivity contribution in [2.45, 2.75) is 69.2 Å². The zero-order valence-electron chi connectivity index (χ0n) is 23.5. The zero-order chi connectivity index (χ0) is 30.7. The second-order valence-electron chi connectivity index (χ2n) is 11.7. The lowest BCUT2D eigenvalue weighted by molar-refractivity contribution is -0.153. The number of benzene rings is 1. The van der Waals surface area contributed by atoms with Crippen LogP contribution in [-0.2, 0) is 24.0 Å². The molecule has 1 aromatic rings. The van der Waals surface area contributed by atoms with Gasteiger partial charge >= 0.3 is 6.18 Å². The average Bonchev–Trinajstić information content (AvgIpc) is 3.32. The molecule has 234 valence electrons. The van der Waals surface area contributed by atoms with Crippen LogP contribution in [-0.4, -0.2) is 84.9 Å². The lowest BCUT2D eigenvalue weighted by Crippen LogP contribution is -2.55. The second kappa shape index (κ2) is 12.8. The van der Waals surface area contributed by atoms with Crippen molar-refractivity contribution >= 4 is 29.4 Å². The normalized spacial score (nSPS) is 25.5. The highest BCUT2D eigenvalue weighted by atomic mass is 19.4. The van der Waals surface area contributed by atoms with Gasteiger partial charge in [0.05, 0.1) is 6.04 Å². The highest BCUT2D eigenvalue weighted by Gasteiger charge is 2.50. The van der Waals surface area contributed by atoms with Crippen LogP contribution in [0.2, 0.25) is 0 Å². The first kappa shape index (κ1) is 30.6. The van der Waals surface area contributed by atoms with Crippen LogP contribution in [0.25, 0.3) is 0 Å². The number of ether oxygens (including phenoxy) is 2. The predicted octanol–water partition coefficient (Wildman–Crippen LogP) is 1.49. The number of halogens is 3. The third kappa shape index (κ3) is 7.77. The van der Waals surface area contributed by atoms with Crippen LogP contribution in [0.5, 0.6) is 11.5 Å². The summed E-state index contributed by atoms with van der Waals surface area (Å²) >= 11 is 0. The Morgan fingerprint density at radius 1 is 1.00 bits per heavy atom. The molecule has 0 bridgehead atoms. The largest absolute Gasteiger partial charge is 0.484 e. The molecule has 2 aliphatic carbocycles. The number of carbonyl (C=O) groups is 5. The lowest BCUT2D eigenvalue weighted by Gasteiger charge is -2.29. The van der Waals surface area contributed by atoms with E-state index in [0.717, 1.165) is 32.1 Å². The summed E-state index contributed by atoms with van der Waals surface area (Å²) in [6.07, 6.45) is 0.00609. The molecule has 2 saturated carbocycles. The number of carbonyl (C=O) groups excluding carboxylic acids is 5. The van der Waals surface area contributed by atoms with E-state index in [1.807, 2.05) is 0 Å². The molecule has 11 nitrogen and oxygen atoms in total. The van der Waals surface area contributed by atoms with Gasteiger partial charge in [-0.1, -0.05) is 6.42 Å². The van der Waals surface area contributed by atoms with Gasteiger partial charge in [0.1, 0.15) is 17.5 Å². The molecule has 0 spiro atoms. The number of hydrogen-bond donors (Lipinski definition) is 3. The van der Waals surface area contributed by atoms with Gasteiger partial charge in [0.25, 0.3) is 11.8 Å². The Morgan fingerprint density at radius 3 is 2.33 bits per heavy atom. The molecule has 2 saturated heterocycles. The van der Waals surface area contributed by atoms with Crippen LogP contribution in [0.4, 0.5) is 13.2 Å².